The standard InChI is InChI=1S/C21H46O2Si/c1-8-12-13-14-15-16-17-18-19-24(22-10-3,23-11-4)21(6,7)20(5)9-2/h20H,8-19H2,1-7H3. The molecule has 0 aromatic rings. The highest BCUT2D eigenvalue weighted by molar-refractivity contribution is 6.70. The zero-order chi connectivity index (χ0) is 18.5. The van der Waals surface area contributed by atoms with Gasteiger partial charge in [0.1, 0.15) is 0 Å². The molecule has 2 nitrogen and oxygen atoms in total. The van der Waals surface area contributed by atoms with Crippen LogP contribution in [0.15, 0.2) is 0 Å². The zero-order valence-electron chi connectivity index (χ0n) is 17.9. The Balaban J connectivity index is 4.61. The van der Waals surface area contributed by atoms with Gasteiger partial charge in [-0.2, -0.15) is 0 Å². The highest BCUT2D eigenvalue weighted by Crippen LogP contribution is 2.49. The molecule has 0 heterocycles. The van der Waals surface area contributed by atoms with Gasteiger partial charge in [-0.25, -0.2) is 0 Å². The first kappa shape index (κ1) is 24.1. The van der Waals surface area contributed by atoms with Crippen LogP contribution in [0.2, 0.25) is 11.1 Å². The van der Waals surface area contributed by atoms with Gasteiger partial charge in [-0.1, -0.05) is 92.4 Å². The first-order valence-electron chi connectivity index (χ1n) is 10.7. The van der Waals surface area contributed by atoms with Gasteiger partial charge >= 0.3 is 8.56 Å². The van der Waals surface area contributed by atoms with Gasteiger partial charge in [0, 0.05) is 18.3 Å². The number of hydrogen-bond acceptors (Lipinski definition) is 2. The van der Waals surface area contributed by atoms with Crippen molar-refractivity contribution >= 4 is 8.56 Å². The molecule has 1 atom stereocenters. The summed E-state index contributed by atoms with van der Waals surface area (Å²) in [5, 5.41) is 0.162. The maximum absolute atomic E-state index is 6.43. The predicted molar refractivity (Wildman–Crippen MR) is 110 cm³/mol. The normalized spacial score (nSPS) is 14.1. The van der Waals surface area contributed by atoms with E-state index in [9.17, 15) is 0 Å². The van der Waals surface area contributed by atoms with Gasteiger partial charge in [-0.3, -0.25) is 0 Å². The van der Waals surface area contributed by atoms with Gasteiger partial charge in [0.05, 0.1) is 0 Å². The Kier molecular flexibility index (Phi) is 13.4. The first-order valence-corrected chi connectivity index (χ1v) is 12.7. The topological polar surface area (TPSA) is 18.5 Å². The minimum atomic E-state index is -2.19. The van der Waals surface area contributed by atoms with Crippen LogP contribution in [0.1, 0.15) is 106 Å². The monoisotopic (exact) mass is 358 g/mol. The molecular weight excluding hydrogens is 312 g/mol. The molecule has 0 aliphatic rings. The van der Waals surface area contributed by atoms with Gasteiger partial charge < -0.3 is 8.85 Å². The van der Waals surface area contributed by atoms with Crippen molar-refractivity contribution in [1.29, 1.82) is 0 Å². The molecule has 0 fully saturated rings. The van der Waals surface area contributed by atoms with Crippen molar-refractivity contribution in [3.8, 4) is 0 Å². The third-order valence-electron chi connectivity index (χ3n) is 5.94. The fraction of sp³-hybridized carbons (Fsp3) is 1.00. The molecule has 0 aromatic carbocycles. The third kappa shape index (κ3) is 7.57. The van der Waals surface area contributed by atoms with Crippen LogP contribution >= 0.6 is 0 Å². The minimum Gasteiger partial charge on any atom is -0.394 e. The van der Waals surface area contributed by atoms with Gasteiger partial charge in [0.15, 0.2) is 0 Å². The Labute approximate surface area is 154 Å². The second-order valence-electron chi connectivity index (χ2n) is 7.87. The Morgan fingerprint density at radius 2 is 1.21 bits per heavy atom. The van der Waals surface area contributed by atoms with E-state index in [2.05, 4.69) is 48.5 Å². The van der Waals surface area contributed by atoms with Crippen molar-refractivity contribution in [2.45, 2.75) is 117 Å². The average molecular weight is 359 g/mol. The summed E-state index contributed by atoms with van der Waals surface area (Å²) in [4.78, 5) is 0. The van der Waals surface area contributed by atoms with Crippen LogP contribution in [0, 0.1) is 5.92 Å². The summed E-state index contributed by atoms with van der Waals surface area (Å²) in [6.45, 7) is 17.5. The van der Waals surface area contributed by atoms with E-state index < -0.39 is 8.56 Å². The molecule has 0 saturated heterocycles. The molecule has 0 aromatic heterocycles. The van der Waals surface area contributed by atoms with Gasteiger partial charge in [0.25, 0.3) is 0 Å². The quantitative estimate of drug-likeness (QED) is 0.210. The molecular formula is C21H46O2Si. The van der Waals surface area contributed by atoms with Crippen LogP contribution in [0.5, 0.6) is 0 Å². The fourth-order valence-electron chi connectivity index (χ4n) is 3.72. The molecule has 3 heteroatoms. The largest absolute Gasteiger partial charge is 0.394 e. The summed E-state index contributed by atoms with van der Waals surface area (Å²) in [5.41, 5.74) is 0. The summed E-state index contributed by atoms with van der Waals surface area (Å²) in [5.74, 6) is 0.635. The smallest absolute Gasteiger partial charge is 0.344 e. The van der Waals surface area contributed by atoms with E-state index in [4.69, 9.17) is 8.85 Å². The fourth-order valence-corrected chi connectivity index (χ4v) is 8.09. The average Bonchev–Trinajstić information content (AvgIpc) is 2.56. The van der Waals surface area contributed by atoms with Crippen molar-refractivity contribution < 1.29 is 8.85 Å². The summed E-state index contributed by atoms with van der Waals surface area (Å²) < 4.78 is 12.9. The van der Waals surface area contributed by atoms with Crippen molar-refractivity contribution in [2.24, 2.45) is 5.92 Å². The van der Waals surface area contributed by atoms with Crippen molar-refractivity contribution in [3.63, 3.8) is 0 Å². The zero-order valence-corrected chi connectivity index (χ0v) is 18.9. The molecule has 0 spiro atoms. The summed E-state index contributed by atoms with van der Waals surface area (Å²) in [6, 6.07) is 1.15. The van der Waals surface area contributed by atoms with Crippen molar-refractivity contribution in [2.75, 3.05) is 13.2 Å². The van der Waals surface area contributed by atoms with E-state index >= 15 is 0 Å². The third-order valence-corrected chi connectivity index (χ3v) is 10.9. The molecule has 0 amide bonds. The van der Waals surface area contributed by atoms with E-state index in [0.717, 1.165) is 19.3 Å². The lowest BCUT2D eigenvalue weighted by Gasteiger charge is -2.46. The summed E-state index contributed by atoms with van der Waals surface area (Å²) >= 11 is 0. The molecule has 1 unspecified atom stereocenters. The van der Waals surface area contributed by atoms with Crippen LogP contribution in [0.4, 0.5) is 0 Å². The van der Waals surface area contributed by atoms with E-state index in [1.165, 1.54) is 57.8 Å². The van der Waals surface area contributed by atoms with Crippen LogP contribution in [-0.4, -0.2) is 21.8 Å². The Morgan fingerprint density at radius 3 is 1.62 bits per heavy atom. The first-order chi connectivity index (χ1) is 11.4. The molecule has 0 aliphatic carbocycles. The van der Waals surface area contributed by atoms with Crippen molar-refractivity contribution in [3.05, 3.63) is 0 Å². The molecule has 0 N–H and O–H groups in total. The van der Waals surface area contributed by atoms with Gasteiger partial charge in [-0.15, -0.1) is 0 Å². The Morgan fingerprint density at radius 1 is 0.750 bits per heavy atom. The van der Waals surface area contributed by atoms with Gasteiger partial charge in [0.2, 0.25) is 0 Å². The second-order valence-corrected chi connectivity index (χ2v) is 11.7. The number of unbranched alkanes of at least 4 members (excludes halogenated alkanes) is 7. The molecule has 0 rings (SSSR count). The van der Waals surface area contributed by atoms with E-state index in [1.54, 1.807) is 0 Å². The lowest BCUT2D eigenvalue weighted by Crippen LogP contribution is -2.54. The van der Waals surface area contributed by atoms with Crippen molar-refractivity contribution in [1.82, 2.24) is 0 Å². The molecule has 146 valence electrons. The Hall–Kier alpha value is 0.137. The van der Waals surface area contributed by atoms with Crippen LogP contribution < -0.4 is 0 Å². The lowest BCUT2D eigenvalue weighted by molar-refractivity contribution is 0.140. The summed E-state index contributed by atoms with van der Waals surface area (Å²) in [7, 11) is -2.19. The van der Waals surface area contributed by atoms with Crippen LogP contribution in [-0.2, 0) is 8.85 Å². The van der Waals surface area contributed by atoms with Gasteiger partial charge in [-0.05, 0) is 25.8 Å². The van der Waals surface area contributed by atoms with E-state index in [1.807, 2.05) is 0 Å². The van der Waals surface area contributed by atoms with Crippen LogP contribution in [0.3, 0.4) is 0 Å². The molecule has 24 heavy (non-hydrogen) atoms. The highest BCUT2D eigenvalue weighted by atomic mass is 28.4. The summed E-state index contributed by atoms with van der Waals surface area (Å²) in [6.07, 6.45) is 12.1. The maximum Gasteiger partial charge on any atom is 0.344 e. The van der Waals surface area contributed by atoms with E-state index in [0.29, 0.717) is 5.92 Å². The molecule has 0 saturated carbocycles. The molecule has 0 radical (unpaired) electrons. The SMILES string of the molecule is CCCCCCCCCC[Si](OCC)(OCC)C(C)(C)C(C)CC. The van der Waals surface area contributed by atoms with E-state index in [-0.39, 0.29) is 5.04 Å². The van der Waals surface area contributed by atoms with Crippen LogP contribution in [0.25, 0.3) is 0 Å². The number of rotatable bonds is 16. The maximum atomic E-state index is 6.43. The predicted octanol–water partition coefficient (Wildman–Crippen LogP) is 7.47. The molecule has 0 bridgehead atoms. The molecule has 0 aliphatic heterocycles. The Bertz CT molecular complexity index is 286. The second kappa shape index (κ2) is 13.4. The minimum absolute atomic E-state index is 0.162. The lowest BCUT2D eigenvalue weighted by atomic mass is 9.94. The highest BCUT2D eigenvalue weighted by Gasteiger charge is 2.53. The number of hydrogen-bond donors (Lipinski definition) is 0.